The van der Waals surface area contributed by atoms with E-state index in [0.717, 1.165) is 44.5 Å². The Labute approximate surface area is 110 Å². The Morgan fingerprint density at radius 2 is 1.83 bits per heavy atom. The maximum absolute atomic E-state index is 6.19. The second kappa shape index (κ2) is 5.10. The average Bonchev–Trinajstić information content (AvgIpc) is 2.71. The lowest BCUT2D eigenvalue weighted by molar-refractivity contribution is -0.154. The van der Waals surface area contributed by atoms with Gasteiger partial charge in [-0.25, -0.2) is 0 Å². The highest BCUT2D eigenvalue weighted by Gasteiger charge is 2.44. The van der Waals surface area contributed by atoms with Gasteiger partial charge in [-0.2, -0.15) is 0 Å². The van der Waals surface area contributed by atoms with E-state index in [-0.39, 0.29) is 5.60 Å². The van der Waals surface area contributed by atoms with Crippen molar-refractivity contribution < 1.29 is 9.47 Å². The minimum Gasteiger partial charge on any atom is -0.381 e. The van der Waals surface area contributed by atoms with Crippen LogP contribution in [-0.2, 0) is 9.47 Å². The quantitative estimate of drug-likeness (QED) is 0.780. The van der Waals surface area contributed by atoms with Crippen LogP contribution in [0.1, 0.15) is 45.4 Å². The summed E-state index contributed by atoms with van der Waals surface area (Å²) in [5.41, 5.74) is 6.34. The summed E-state index contributed by atoms with van der Waals surface area (Å²) in [6, 6.07) is 0.434. The summed E-state index contributed by atoms with van der Waals surface area (Å²) >= 11 is 0. The van der Waals surface area contributed by atoms with Crippen LogP contribution in [0.25, 0.3) is 0 Å². The Morgan fingerprint density at radius 1 is 1.06 bits per heavy atom. The topological polar surface area (TPSA) is 44.5 Å². The number of ether oxygens (including phenoxy) is 2. The fourth-order valence-electron chi connectivity index (χ4n) is 4.42. The molecule has 4 unspecified atom stereocenters. The van der Waals surface area contributed by atoms with Crippen LogP contribution in [0.4, 0.5) is 0 Å². The van der Waals surface area contributed by atoms with Gasteiger partial charge in [0.1, 0.15) is 0 Å². The first kappa shape index (κ1) is 12.9. The third-order valence-corrected chi connectivity index (χ3v) is 5.72. The van der Waals surface area contributed by atoms with Gasteiger partial charge in [0.2, 0.25) is 0 Å². The standard InChI is InChI=1S/C15H27NO2/c1-11-13(2-3-14(11)16)12-4-7-18-15(10-12)5-8-17-9-6-15/h11-14H,2-10,16H2,1H3. The number of hydrogen-bond acceptors (Lipinski definition) is 3. The zero-order valence-corrected chi connectivity index (χ0v) is 11.6. The van der Waals surface area contributed by atoms with Crippen LogP contribution in [-0.4, -0.2) is 31.5 Å². The van der Waals surface area contributed by atoms with Crippen molar-refractivity contribution in [1.82, 2.24) is 0 Å². The molecular weight excluding hydrogens is 226 g/mol. The minimum absolute atomic E-state index is 0.146. The van der Waals surface area contributed by atoms with Crippen molar-refractivity contribution in [3.8, 4) is 0 Å². The fourth-order valence-corrected chi connectivity index (χ4v) is 4.42. The molecule has 2 aliphatic heterocycles. The third kappa shape index (κ3) is 2.33. The van der Waals surface area contributed by atoms with Crippen LogP contribution in [0.3, 0.4) is 0 Å². The summed E-state index contributed by atoms with van der Waals surface area (Å²) in [6.07, 6.45) is 7.23. The van der Waals surface area contributed by atoms with E-state index in [1.54, 1.807) is 0 Å². The summed E-state index contributed by atoms with van der Waals surface area (Å²) < 4.78 is 11.6. The molecule has 4 atom stereocenters. The molecule has 3 nitrogen and oxygen atoms in total. The van der Waals surface area contributed by atoms with Crippen molar-refractivity contribution in [2.45, 2.75) is 57.1 Å². The Hall–Kier alpha value is -0.120. The third-order valence-electron chi connectivity index (χ3n) is 5.72. The highest BCUT2D eigenvalue weighted by molar-refractivity contribution is 4.95. The maximum atomic E-state index is 6.19. The van der Waals surface area contributed by atoms with E-state index in [9.17, 15) is 0 Å². The van der Waals surface area contributed by atoms with Gasteiger partial charge >= 0.3 is 0 Å². The molecule has 0 bridgehead atoms. The summed E-state index contributed by atoms with van der Waals surface area (Å²) in [6.45, 7) is 5.07. The van der Waals surface area contributed by atoms with E-state index >= 15 is 0 Å². The van der Waals surface area contributed by atoms with Crippen molar-refractivity contribution in [2.24, 2.45) is 23.5 Å². The largest absolute Gasteiger partial charge is 0.381 e. The molecule has 0 aromatic carbocycles. The van der Waals surface area contributed by atoms with Crippen LogP contribution in [0.5, 0.6) is 0 Å². The molecule has 0 radical (unpaired) electrons. The van der Waals surface area contributed by atoms with Gasteiger partial charge in [0.15, 0.2) is 0 Å². The Kier molecular flexibility index (Phi) is 3.65. The first-order valence-electron chi connectivity index (χ1n) is 7.67. The van der Waals surface area contributed by atoms with E-state index in [1.807, 2.05) is 0 Å². The van der Waals surface area contributed by atoms with Gasteiger partial charge in [0.05, 0.1) is 5.60 Å². The van der Waals surface area contributed by atoms with Gasteiger partial charge in [-0.15, -0.1) is 0 Å². The molecule has 1 saturated carbocycles. The molecule has 0 aromatic heterocycles. The van der Waals surface area contributed by atoms with E-state index in [1.165, 1.54) is 25.7 Å². The first-order valence-corrected chi connectivity index (χ1v) is 7.67. The van der Waals surface area contributed by atoms with E-state index in [0.29, 0.717) is 12.0 Å². The zero-order valence-electron chi connectivity index (χ0n) is 11.6. The van der Waals surface area contributed by atoms with Crippen LogP contribution in [0.2, 0.25) is 0 Å². The van der Waals surface area contributed by atoms with Gasteiger partial charge in [0.25, 0.3) is 0 Å². The smallest absolute Gasteiger partial charge is 0.0729 e. The molecule has 18 heavy (non-hydrogen) atoms. The van der Waals surface area contributed by atoms with Crippen molar-refractivity contribution in [3.05, 3.63) is 0 Å². The molecular formula is C15H27NO2. The highest BCUT2D eigenvalue weighted by Crippen LogP contribution is 2.46. The fraction of sp³-hybridized carbons (Fsp3) is 1.00. The van der Waals surface area contributed by atoms with Crippen molar-refractivity contribution in [1.29, 1.82) is 0 Å². The Balaban J connectivity index is 1.66. The van der Waals surface area contributed by atoms with Crippen molar-refractivity contribution in [3.63, 3.8) is 0 Å². The molecule has 2 heterocycles. The van der Waals surface area contributed by atoms with Crippen LogP contribution >= 0.6 is 0 Å². The van der Waals surface area contributed by atoms with E-state index in [4.69, 9.17) is 15.2 Å². The predicted molar refractivity (Wildman–Crippen MR) is 71.3 cm³/mol. The zero-order chi connectivity index (χ0) is 12.6. The van der Waals surface area contributed by atoms with Gasteiger partial charge in [-0.1, -0.05) is 6.92 Å². The highest BCUT2D eigenvalue weighted by atomic mass is 16.5. The maximum Gasteiger partial charge on any atom is 0.0729 e. The second-order valence-electron chi connectivity index (χ2n) is 6.66. The summed E-state index contributed by atoms with van der Waals surface area (Å²) in [7, 11) is 0. The molecule has 0 aromatic rings. The molecule has 1 spiro atoms. The monoisotopic (exact) mass is 253 g/mol. The molecule has 2 saturated heterocycles. The molecule has 3 heteroatoms. The predicted octanol–water partition coefficient (Wildman–Crippen LogP) is 2.34. The summed E-state index contributed by atoms with van der Waals surface area (Å²) in [4.78, 5) is 0. The molecule has 2 N–H and O–H groups in total. The normalized spacial score (nSPS) is 44.3. The van der Waals surface area contributed by atoms with E-state index < -0.39 is 0 Å². The molecule has 3 rings (SSSR count). The van der Waals surface area contributed by atoms with Gasteiger partial charge in [-0.3, -0.25) is 0 Å². The molecule has 0 amide bonds. The Bertz CT molecular complexity index is 283. The summed E-state index contributed by atoms with van der Waals surface area (Å²) in [5, 5.41) is 0. The lowest BCUT2D eigenvalue weighted by atomic mass is 9.72. The van der Waals surface area contributed by atoms with E-state index in [2.05, 4.69) is 6.92 Å². The first-order chi connectivity index (χ1) is 8.70. The second-order valence-corrected chi connectivity index (χ2v) is 6.66. The van der Waals surface area contributed by atoms with Crippen molar-refractivity contribution >= 4 is 0 Å². The van der Waals surface area contributed by atoms with Gasteiger partial charge < -0.3 is 15.2 Å². The number of nitrogens with two attached hydrogens (primary N) is 1. The van der Waals surface area contributed by atoms with Crippen LogP contribution < -0.4 is 5.73 Å². The van der Waals surface area contributed by atoms with Gasteiger partial charge in [0, 0.05) is 25.9 Å². The minimum atomic E-state index is 0.146. The lowest BCUT2D eigenvalue weighted by Gasteiger charge is -2.45. The molecule has 3 aliphatic rings. The summed E-state index contributed by atoms with van der Waals surface area (Å²) in [5.74, 6) is 2.37. The average molecular weight is 253 g/mol. The molecule has 104 valence electrons. The van der Waals surface area contributed by atoms with Crippen molar-refractivity contribution in [2.75, 3.05) is 19.8 Å². The SMILES string of the molecule is CC1C(N)CCC1C1CCOC2(CCOCC2)C1. The van der Waals surface area contributed by atoms with Crippen LogP contribution in [0, 0.1) is 17.8 Å². The molecule has 1 aliphatic carbocycles. The van der Waals surface area contributed by atoms with Gasteiger partial charge in [-0.05, 0) is 56.3 Å². The molecule has 3 fully saturated rings. The number of rotatable bonds is 1. The van der Waals surface area contributed by atoms with Crippen LogP contribution in [0.15, 0.2) is 0 Å². The lowest BCUT2D eigenvalue weighted by Crippen LogP contribution is -2.46. The Morgan fingerprint density at radius 3 is 2.50 bits per heavy atom. The number of hydrogen-bond donors (Lipinski definition) is 1.